The van der Waals surface area contributed by atoms with Gasteiger partial charge in [-0.2, -0.15) is 26.3 Å². The van der Waals surface area contributed by atoms with Crippen LogP contribution in [0.4, 0.5) is 30.7 Å². The van der Waals surface area contributed by atoms with Crippen LogP contribution >= 0.6 is 11.6 Å². The summed E-state index contributed by atoms with van der Waals surface area (Å²) >= 11 is 5.48. The van der Waals surface area contributed by atoms with Crippen LogP contribution in [0, 0.1) is 11.7 Å². The summed E-state index contributed by atoms with van der Waals surface area (Å²) in [4.78, 5) is 0. The average molecular weight is 338 g/mol. The number of nitrogens with one attached hydrogen (secondary N) is 1. The third-order valence-corrected chi connectivity index (χ3v) is 3.17. The number of hydrogen-bond acceptors (Lipinski definition) is 1. The summed E-state index contributed by atoms with van der Waals surface area (Å²) in [7, 11) is 0.961. The minimum absolute atomic E-state index is 0.000417. The zero-order valence-electron chi connectivity index (χ0n) is 10.6. The van der Waals surface area contributed by atoms with E-state index in [9.17, 15) is 30.7 Å². The van der Waals surface area contributed by atoms with Gasteiger partial charge in [0.05, 0.1) is 0 Å². The lowest BCUT2D eigenvalue weighted by atomic mass is 9.92. The number of rotatable bonds is 4. The van der Waals surface area contributed by atoms with E-state index in [1.165, 1.54) is 6.07 Å². The van der Waals surface area contributed by atoms with Crippen LogP contribution in [0.1, 0.15) is 5.56 Å². The number of alkyl halides is 6. The molecule has 1 aromatic rings. The third kappa shape index (κ3) is 4.74. The van der Waals surface area contributed by atoms with Crippen LogP contribution in [0.2, 0.25) is 5.02 Å². The Morgan fingerprint density at radius 3 is 2.00 bits per heavy atom. The van der Waals surface area contributed by atoms with Gasteiger partial charge in [-0.3, -0.25) is 0 Å². The summed E-state index contributed by atoms with van der Waals surface area (Å²) in [6.07, 6.45) is -11.8. The van der Waals surface area contributed by atoms with Crippen molar-refractivity contribution in [2.75, 3.05) is 7.05 Å². The molecule has 1 atom stereocenters. The molecule has 0 aliphatic carbocycles. The van der Waals surface area contributed by atoms with E-state index in [-0.39, 0.29) is 10.6 Å². The molecule has 1 nitrogen and oxygen atoms in total. The van der Waals surface area contributed by atoms with Gasteiger partial charge in [-0.1, -0.05) is 17.7 Å². The van der Waals surface area contributed by atoms with Crippen LogP contribution in [0.25, 0.3) is 0 Å². The van der Waals surface area contributed by atoms with Crippen molar-refractivity contribution in [3.8, 4) is 0 Å². The Bertz CT molecular complexity index is 469. The van der Waals surface area contributed by atoms with Gasteiger partial charge in [0.25, 0.3) is 0 Å². The fourth-order valence-electron chi connectivity index (χ4n) is 1.95. The number of benzene rings is 1. The number of halogens is 8. The lowest BCUT2D eigenvalue weighted by Crippen LogP contribution is -2.51. The van der Waals surface area contributed by atoms with E-state index in [1.807, 2.05) is 5.32 Å². The molecule has 1 aromatic carbocycles. The summed E-state index contributed by atoms with van der Waals surface area (Å²) in [5, 5.41) is 1.97. The fraction of sp³-hybridized carbons (Fsp3) is 0.500. The molecule has 0 saturated heterocycles. The Balaban J connectivity index is 3.10. The van der Waals surface area contributed by atoms with Crippen molar-refractivity contribution in [1.29, 1.82) is 0 Å². The maximum absolute atomic E-state index is 13.5. The molecule has 0 radical (unpaired) electrons. The van der Waals surface area contributed by atoms with E-state index in [1.54, 1.807) is 0 Å². The van der Waals surface area contributed by atoms with E-state index < -0.39 is 36.6 Å². The molecule has 0 heterocycles. The Hall–Kier alpha value is -1.02. The van der Waals surface area contributed by atoms with Crippen LogP contribution in [0.15, 0.2) is 18.2 Å². The molecule has 0 bridgehead atoms. The van der Waals surface area contributed by atoms with E-state index in [0.29, 0.717) is 0 Å². The molecule has 0 amide bonds. The molecule has 1 N–H and O–H groups in total. The molecule has 0 aliphatic heterocycles. The topological polar surface area (TPSA) is 12.0 Å². The van der Waals surface area contributed by atoms with Crippen molar-refractivity contribution in [2.45, 2.75) is 24.8 Å². The first-order valence-electron chi connectivity index (χ1n) is 5.71. The summed E-state index contributed by atoms with van der Waals surface area (Å²) in [6.45, 7) is 0. The summed E-state index contributed by atoms with van der Waals surface area (Å²) in [5.74, 6) is -4.55. The van der Waals surface area contributed by atoms with E-state index in [4.69, 9.17) is 11.6 Å². The van der Waals surface area contributed by atoms with Crippen molar-refractivity contribution in [2.24, 2.45) is 5.92 Å². The van der Waals surface area contributed by atoms with Gasteiger partial charge >= 0.3 is 12.4 Å². The van der Waals surface area contributed by atoms with E-state index in [0.717, 1.165) is 19.2 Å². The fourth-order valence-corrected chi connectivity index (χ4v) is 2.11. The van der Waals surface area contributed by atoms with Crippen molar-refractivity contribution in [3.05, 3.63) is 34.6 Å². The highest BCUT2D eigenvalue weighted by Crippen LogP contribution is 2.42. The minimum atomic E-state index is -5.49. The Morgan fingerprint density at radius 2 is 1.62 bits per heavy atom. The highest BCUT2D eigenvalue weighted by Gasteiger charge is 2.59. The second kappa shape index (κ2) is 6.39. The van der Waals surface area contributed by atoms with Crippen molar-refractivity contribution in [3.63, 3.8) is 0 Å². The second-order valence-electron chi connectivity index (χ2n) is 4.40. The molecule has 0 aromatic heterocycles. The predicted octanol–water partition coefficient (Wildman–Crippen LogP) is 4.35. The zero-order valence-corrected chi connectivity index (χ0v) is 11.4. The minimum Gasteiger partial charge on any atom is -0.316 e. The van der Waals surface area contributed by atoms with Crippen LogP contribution in [-0.4, -0.2) is 25.4 Å². The van der Waals surface area contributed by atoms with Crippen LogP contribution < -0.4 is 5.32 Å². The van der Waals surface area contributed by atoms with Gasteiger partial charge in [0, 0.05) is 11.1 Å². The van der Waals surface area contributed by atoms with Gasteiger partial charge in [-0.25, -0.2) is 4.39 Å². The molecule has 0 spiro atoms. The molecule has 21 heavy (non-hydrogen) atoms. The molecule has 9 heteroatoms. The maximum atomic E-state index is 13.5. The predicted molar refractivity (Wildman–Crippen MR) is 63.6 cm³/mol. The molecule has 0 fully saturated rings. The smallest absolute Gasteiger partial charge is 0.316 e. The van der Waals surface area contributed by atoms with Gasteiger partial charge in [0.2, 0.25) is 0 Å². The van der Waals surface area contributed by atoms with Crippen LogP contribution in [0.3, 0.4) is 0 Å². The van der Waals surface area contributed by atoms with Gasteiger partial charge in [-0.15, -0.1) is 0 Å². The zero-order chi connectivity index (χ0) is 16.4. The lowest BCUT2D eigenvalue weighted by molar-refractivity contribution is -0.291. The Kier molecular flexibility index (Phi) is 5.49. The Labute approximate surface area is 121 Å². The average Bonchev–Trinajstić information content (AvgIpc) is 2.27. The van der Waals surface area contributed by atoms with E-state index >= 15 is 0 Å². The first kappa shape index (κ1) is 18.0. The standard InChI is InChI=1S/C12H11ClF7N/c1-21-9(10(11(15,16)17)12(18,19)20)4-6-2-3-7(13)5-8(6)14/h2-3,5,9-10,21H,4H2,1H3. The highest BCUT2D eigenvalue weighted by molar-refractivity contribution is 6.30. The van der Waals surface area contributed by atoms with Crippen LogP contribution in [-0.2, 0) is 6.42 Å². The molecule has 1 unspecified atom stereocenters. The SMILES string of the molecule is CNC(Cc1ccc(Cl)cc1F)C(C(F)(F)F)C(F)(F)F. The summed E-state index contributed by atoms with van der Waals surface area (Å²) in [6, 6.07) is 1.05. The molecular formula is C12H11ClF7N. The normalized spacial score (nSPS) is 14.6. The highest BCUT2D eigenvalue weighted by atomic mass is 35.5. The van der Waals surface area contributed by atoms with Crippen LogP contribution in [0.5, 0.6) is 0 Å². The summed E-state index contributed by atoms with van der Waals surface area (Å²) < 4.78 is 89.4. The molecule has 0 aliphatic rings. The monoisotopic (exact) mass is 337 g/mol. The first-order chi connectivity index (χ1) is 9.46. The van der Waals surface area contributed by atoms with Crippen molar-refractivity contribution >= 4 is 11.6 Å². The number of hydrogen-bond donors (Lipinski definition) is 1. The molecule has 0 saturated carbocycles. The molecule has 120 valence electrons. The molecule has 1 rings (SSSR count). The Morgan fingerprint density at radius 1 is 1.10 bits per heavy atom. The van der Waals surface area contributed by atoms with Gasteiger partial charge in [0.15, 0.2) is 5.92 Å². The third-order valence-electron chi connectivity index (χ3n) is 2.93. The van der Waals surface area contributed by atoms with Crippen molar-refractivity contribution < 1.29 is 30.7 Å². The maximum Gasteiger partial charge on any atom is 0.402 e. The summed E-state index contributed by atoms with van der Waals surface area (Å²) in [5.41, 5.74) is -0.280. The van der Waals surface area contributed by atoms with E-state index in [2.05, 4.69) is 0 Å². The molecular weight excluding hydrogens is 327 g/mol. The lowest BCUT2D eigenvalue weighted by Gasteiger charge is -2.30. The second-order valence-corrected chi connectivity index (χ2v) is 4.83. The quantitative estimate of drug-likeness (QED) is 0.805. The number of likely N-dealkylation sites (N-methyl/N-ethyl adjacent to an activating group) is 1. The largest absolute Gasteiger partial charge is 0.402 e. The van der Waals surface area contributed by atoms with Gasteiger partial charge < -0.3 is 5.32 Å². The van der Waals surface area contributed by atoms with Gasteiger partial charge in [0.1, 0.15) is 5.82 Å². The van der Waals surface area contributed by atoms with Crippen molar-refractivity contribution in [1.82, 2.24) is 5.32 Å². The first-order valence-corrected chi connectivity index (χ1v) is 6.09. The van der Waals surface area contributed by atoms with Gasteiger partial charge in [-0.05, 0) is 31.2 Å².